The van der Waals surface area contributed by atoms with Crippen LogP contribution in [0, 0.1) is 11.3 Å². The van der Waals surface area contributed by atoms with E-state index in [1.165, 1.54) is 7.11 Å². The van der Waals surface area contributed by atoms with Crippen molar-refractivity contribution in [3.8, 4) is 6.07 Å². The molecule has 1 fully saturated rings. The van der Waals surface area contributed by atoms with Gasteiger partial charge in [-0.3, -0.25) is 9.69 Å². The quantitative estimate of drug-likeness (QED) is 0.630. The second-order valence-electron chi connectivity index (χ2n) is 3.47. The summed E-state index contributed by atoms with van der Waals surface area (Å²) in [4.78, 5) is 13.3. The topological polar surface area (TPSA) is 53.3 Å². The summed E-state index contributed by atoms with van der Waals surface area (Å²) in [5.41, 5.74) is 0. The van der Waals surface area contributed by atoms with Gasteiger partial charge in [-0.25, -0.2) is 0 Å². The molecule has 0 aromatic heterocycles. The highest BCUT2D eigenvalue weighted by molar-refractivity contribution is 5.76. The smallest absolute Gasteiger partial charge is 0.323 e. The second kappa shape index (κ2) is 4.97. The molecule has 14 heavy (non-hydrogen) atoms. The van der Waals surface area contributed by atoms with E-state index in [1.807, 2.05) is 11.8 Å². The predicted octanol–water partition coefficient (Wildman–Crippen LogP) is 0.926. The molecule has 1 heterocycles. The number of likely N-dealkylation sites (tertiary alicyclic amines) is 1. The van der Waals surface area contributed by atoms with Crippen LogP contribution in [0.25, 0.3) is 0 Å². The van der Waals surface area contributed by atoms with Crippen LogP contribution in [0.3, 0.4) is 0 Å². The molecule has 2 unspecified atom stereocenters. The third-order valence-corrected chi connectivity index (χ3v) is 2.70. The van der Waals surface area contributed by atoms with E-state index < -0.39 is 0 Å². The van der Waals surface area contributed by atoms with Crippen molar-refractivity contribution in [1.29, 1.82) is 5.26 Å². The minimum atomic E-state index is -0.212. The highest BCUT2D eigenvalue weighted by atomic mass is 16.5. The molecular weight excluding hydrogens is 180 g/mol. The molecule has 0 aliphatic carbocycles. The van der Waals surface area contributed by atoms with Crippen molar-refractivity contribution in [2.24, 2.45) is 0 Å². The summed E-state index contributed by atoms with van der Waals surface area (Å²) in [6.45, 7) is 2.78. The zero-order chi connectivity index (χ0) is 10.6. The van der Waals surface area contributed by atoms with Crippen LogP contribution in [0.1, 0.15) is 26.2 Å². The number of hydrogen-bond acceptors (Lipinski definition) is 4. The Balaban J connectivity index is 2.68. The van der Waals surface area contributed by atoms with Crippen molar-refractivity contribution in [3.63, 3.8) is 0 Å². The Morgan fingerprint density at radius 3 is 3.00 bits per heavy atom. The lowest BCUT2D eigenvalue weighted by atomic mass is 10.1. The summed E-state index contributed by atoms with van der Waals surface area (Å²) >= 11 is 0. The van der Waals surface area contributed by atoms with E-state index in [-0.39, 0.29) is 18.1 Å². The normalized spacial score (nSPS) is 24.2. The van der Waals surface area contributed by atoms with Crippen LogP contribution >= 0.6 is 0 Å². The minimum absolute atomic E-state index is 0.151. The van der Waals surface area contributed by atoms with E-state index >= 15 is 0 Å². The van der Waals surface area contributed by atoms with Crippen LogP contribution in [-0.4, -0.2) is 36.6 Å². The fourth-order valence-electron chi connectivity index (χ4n) is 1.95. The van der Waals surface area contributed by atoms with Crippen LogP contribution < -0.4 is 0 Å². The SMILES string of the molecule is CCC(C#N)N1CCCC1C(=O)OC. The Morgan fingerprint density at radius 1 is 1.79 bits per heavy atom. The van der Waals surface area contributed by atoms with Crippen molar-refractivity contribution in [3.05, 3.63) is 0 Å². The number of carbonyl (C=O) groups excluding carboxylic acids is 1. The molecule has 1 aliphatic rings. The summed E-state index contributed by atoms with van der Waals surface area (Å²) in [5, 5.41) is 8.91. The lowest BCUT2D eigenvalue weighted by Gasteiger charge is -2.25. The molecule has 0 saturated carbocycles. The van der Waals surface area contributed by atoms with Gasteiger partial charge in [-0.05, 0) is 19.3 Å². The molecule has 4 heteroatoms. The maximum absolute atomic E-state index is 11.4. The standard InChI is InChI=1S/C10H16N2O2/c1-3-8(7-11)12-6-4-5-9(12)10(13)14-2/h8-9H,3-6H2,1-2H3. The third-order valence-electron chi connectivity index (χ3n) is 2.70. The van der Waals surface area contributed by atoms with Gasteiger partial charge in [0.25, 0.3) is 0 Å². The summed E-state index contributed by atoms with van der Waals surface area (Å²) in [7, 11) is 1.40. The van der Waals surface area contributed by atoms with Crippen LogP contribution in [0.15, 0.2) is 0 Å². The van der Waals surface area contributed by atoms with Crippen molar-refractivity contribution in [2.45, 2.75) is 38.3 Å². The molecule has 0 bridgehead atoms. The average molecular weight is 196 g/mol. The van der Waals surface area contributed by atoms with Gasteiger partial charge in [-0.15, -0.1) is 0 Å². The van der Waals surface area contributed by atoms with Gasteiger partial charge in [0, 0.05) is 6.54 Å². The summed E-state index contributed by atoms with van der Waals surface area (Å²) < 4.78 is 4.71. The van der Waals surface area contributed by atoms with E-state index in [0.29, 0.717) is 0 Å². The Labute approximate surface area is 84.4 Å². The second-order valence-corrected chi connectivity index (χ2v) is 3.47. The van der Waals surface area contributed by atoms with E-state index in [1.54, 1.807) is 0 Å². The van der Waals surface area contributed by atoms with Crippen molar-refractivity contribution in [2.75, 3.05) is 13.7 Å². The van der Waals surface area contributed by atoms with Gasteiger partial charge in [-0.1, -0.05) is 6.92 Å². The zero-order valence-corrected chi connectivity index (χ0v) is 8.69. The third kappa shape index (κ3) is 2.05. The van der Waals surface area contributed by atoms with Gasteiger partial charge in [0.2, 0.25) is 0 Å². The monoisotopic (exact) mass is 196 g/mol. The molecule has 0 N–H and O–H groups in total. The van der Waals surface area contributed by atoms with Gasteiger partial charge in [-0.2, -0.15) is 5.26 Å². The Bertz CT molecular complexity index is 247. The molecule has 0 aromatic carbocycles. The van der Waals surface area contributed by atoms with Crippen LogP contribution in [0.4, 0.5) is 0 Å². The van der Waals surface area contributed by atoms with E-state index in [2.05, 4.69) is 6.07 Å². The van der Waals surface area contributed by atoms with Gasteiger partial charge in [0.15, 0.2) is 0 Å². The number of ether oxygens (including phenoxy) is 1. The van der Waals surface area contributed by atoms with E-state index in [0.717, 1.165) is 25.8 Å². The fourth-order valence-corrected chi connectivity index (χ4v) is 1.95. The van der Waals surface area contributed by atoms with Gasteiger partial charge >= 0.3 is 5.97 Å². The molecule has 2 atom stereocenters. The fraction of sp³-hybridized carbons (Fsp3) is 0.800. The predicted molar refractivity (Wildman–Crippen MR) is 51.4 cm³/mol. The Morgan fingerprint density at radius 2 is 2.50 bits per heavy atom. The Hall–Kier alpha value is -1.08. The lowest BCUT2D eigenvalue weighted by Crippen LogP contribution is -2.42. The number of nitrogens with zero attached hydrogens (tertiary/aromatic N) is 2. The first-order chi connectivity index (χ1) is 6.74. The first kappa shape index (κ1) is 11.0. The molecule has 1 aliphatic heterocycles. The summed E-state index contributed by atoms with van der Waals surface area (Å²) in [6, 6.07) is 1.87. The molecule has 78 valence electrons. The number of nitriles is 1. The van der Waals surface area contributed by atoms with Crippen LogP contribution in [0.5, 0.6) is 0 Å². The average Bonchev–Trinajstić information content (AvgIpc) is 2.68. The van der Waals surface area contributed by atoms with E-state index in [4.69, 9.17) is 10.00 Å². The summed E-state index contributed by atoms with van der Waals surface area (Å²) in [6.07, 6.45) is 2.53. The van der Waals surface area contributed by atoms with Gasteiger partial charge in [0.05, 0.1) is 19.2 Å². The number of methoxy groups -OCH3 is 1. The highest BCUT2D eigenvalue weighted by Crippen LogP contribution is 2.22. The molecule has 4 nitrogen and oxygen atoms in total. The highest BCUT2D eigenvalue weighted by Gasteiger charge is 2.35. The zero-order valence-electron chi connectivity index (χ0n) is 8.69. The molecule has 0 radical (unpaired) electrons. The van der Waals surface area contributed by atoms with Gasteiger partial charge < -0.3 is 4.74 Å². The molecule has 0 spiro atoms. The largest absolute Gasteiger partial charge is 0.468 e. The lowest BCUT2D eigenvalue weighted by molar-refractivity contribution is -0.146. The number of esters is 1. The van der Waals surface area contributed by atoms with E-state index in [9.17, 15) is 4.79 Å². The maximum atomic E-state index is 11.4. The van der Waals surface area contributed by atoms with Gasteiger partial charge in [0.1, 0.15) is 6.04 Å². The first-order valence-corrected chi connectivity index (χ1v) is 4.97. The van der Waals surface area contributed by atoms with Crippen molar-refractivity contribution >= 4 is 5.97 Å². The van der Waals surface area contributed by atoms with Crippen molar-refractivity contribution < 1.29 is 9.53 Å². The number of carbonyl (C=O) groups is 1. The number of rotatable bonds is 3. The maximum Gasteiger partial charge on any atom is 0.323 e. The molecule has 1 rings (SSSR count). The molecule has 0 amide bonds. The minimum Gasteiger partial charge on any atom is -0.468 e. The summed E-state index contributed by atoms with van der Waals surface area (Å²) in [5.74, 6) is -0.212. The number of hydrogen-bond donors (Lipinski definition) is 0. The Kier molecular flexibility index (Phi) is 3.90. The molecular formula is C10H16N2O2. The van der Waals surface area contributed by atoms with Crippen LogP contribution in [-0.2, 0) is 9.53 Å². The first-order valence-electron chi connectivity index (χ1n) is 4.97. The van der Waals surface area contributed by atoms with Crippen LogP contribution in [0.2, 0.25) is 0 Å². The molecule has 1 saturated heterocycles. The van der Waals surface area contributed by atoms with Crippen molar-refractivity contribution in [1.82, 2.24) is 4.90 Å². The molecule has 0 aromatic rings.